The van der Waals surface area contributed by atoms with Crippen molar-refractivity contribution in [3.8, 4) is 44.6 Å². The molecule has 0 unspecified atom stereocenters. The second kappa shape index (κ2) is 9.86. The van der Waals surface area contributed by atoms with E-state index in [2.05, 4.69) is 176 Å². The van der Waals surface area contributed by atoms with E-state index in [1.54, 1.807) is 0 Å². The first-order valence-corrected chi connectivity index (χ1v) is 17.0. The molecule has 9 aromatic rings. The number of fused-ring (bicyclic) bond motifs is 14. The normalized spacial score (nSPS) is 13.5. The minimum Gasteiger partial charge on any atom is -0.247 e. The van der Waals surface area contributed by atoms with Crippen LogP contribution >= 0.6 is 0 Å². The third kappa shape index (κ3) is 3.57. The molecule has 2 aliphatic carbocycles. The number of hydrogen-bond acceptors (Lipinski definition) is 1. The van der Waals surface area contributed by atoms with Crippen LogP contribution in [0.5, 0.6) is 0 Å². The fourth-order valence-electron chi connectivity index (χ4n) is 8.95. The van der Waals surface area contributed by atoms with Gasteiger partial charge in [-0.05, 0) is 96.1 Å². The Labute approximate surface area is 284 Å². The molecule has 0 radical (unpaired) electrons. The highest BCUT2D eigenvalue weighted by molar-refractivity contribution is 6.14. The Morgan fingerprint density at radius 3 is 1.59 bits per heavy atom. The van der Waals surface area contributed by atoms with Crippen LogP contribution in [0.1, 0.15) is 22.3 Å². The zero-order valence-electron chi connectivity index (χ0n) is 26.7. The molecule has 1 heterocycles. The lowest BCUT2D eigenvalue weighted by Gasteiger charge is -2.30. The Morgan fingerprint density at radius 2 is 0.878 bits per heavy atom. The van der Waals surface area contributed by atoms with Crippen LogP contribution in [0.4, 0.5) is 0 Å². The summed E-state index contributed by atoms with van der Waals surface area (Å²) in [4.78, 5) is 5.40. The summed E-state index contributed by atoms with van der Waals surface area (Å²) in [7, 11) is 0. The van der Waals surface area contributed by atoms with Crippen LogP contribution in [0, 0.1) is 0 Å². The molecular weight excluding hydrogens is 591 g/mol. The first-order chi connectivity index (χ1) is 24.3. The van der Waals surface area contributed by atoms with Crippen LogP contribution in [-0.4, -0.2) is 4.98 Å². The molecule has 1 aromatic heterocycles. The summed E-state index contributed by atoms with van der Waals surface area (Å²) in [6.07, 6.45) is 0. The predicted molar refractivity (Wildman–Crippen MR) is 204 cm³/mol. The van der Waals surface area contributed by atoms with Crippen LogP contribution in [-0.2, 0) is 5.41 Å². The molecule has 0 fully saturated rings. The zero-order chi connectivity index (χ0) is 32.1. The van der Waals surface area contributed by atoms with Gasteiger partial charge in [-0.3, -0.25) is 0 Å². The number of hydrogen-bond donors (Lipinski definition) is 0. The fourth-order valence-corrected chi connectivity index (χ4v) is 8.95. The minimum atomic E-state index is -0.393. The first-order valence-electron chi connectivity index (χ1n) is 17.0. The van der Waals surface area contributed by atoms with Crippen LogP contribution in [0.2, 0.25) is 0 Å². The average molecular weight is 620 g/mol. The lowest BCUT2D eigenvalue weighted by atomic mass is 9.70. The van der Waals surface area contributed by atoms with Crippen molar-refractivity contribution >= 4 is 32.4 Å². The SMILES string of the molecule is c1ccc2c(c1)-c1ccccc1C21c2ccccc2-c2cc3c(cc21)c(-c1ccc(-c2ccc4ccccc4c2)cc1)nc1ccccc13. The molecular formula is C48H29N. The summed E-state index contributed by atoms with van der Waals surface area (Å²) in [5.41, 5.74) is 15.9. The van der Waals surface area contributed by atoms with E-state index in [9.17, 15) is 0 Å². The molecule has 8 aromatic carbocycles. The number of rotatable bonds is 2. The van der Waals surface area contributed by atoms with Crippen molar-refractivity contribution in [1.82, 2.24) is 4.98 Å². The average Bonchev–Trinajstić information content (AvgIpc) is 3.64. The van der Waals surface area contributed by atoms with E-state index in [0.717, 1.165) is 16.8 Å². The Balaban J connectivity index is 1.19. The number of nitrogens with zero attached hydrogens (tertiary/aromatic N) is 1. The molecule has 0 aliphatic heterocycles. The monoisotopic (exact) mass is 619 g/mol. The second-order valence-electron chi connectivity index (χ2n) is 13.4. The number of para-hydroxylation sites is 1. The van der Waals surface area contributed by atoms with Gasteiger partial charge in [-0.2, -0.15) is 0 Å². The van der Waals surface area contributed by atoms with Crippen molar-refractivity contribution in [2.75, 3.05) is 0 Å². The van der Waals surface area contributed by atoms with E-state index < -0.39 is 5.41 Å². The highest BCUT2D eigenvalue weighted by Gasteiger charge is 2.51. The Hall–Kier alpha value is -6.31. The van der Waals surface area contributed by atoms with Crippen molar-refractivity contribution in [3.63, 3.8) is 0 Å². The van der Waals surface area contributed by atoms with Gasteiger partial charge in [-0.15, -0.1) is 0 Å². The van der Waals surface area contributed by atoms with E-state index in [4.69, 9.17) is 4.98 Å². The van der Waals surface area contributed by atoms with Crippen molar-refractivity contribution in [3.05, 3.63) is 198 Å². The predicted octanol–water partition coefficient (Wildman–Crippen LogP) is 12.2. The molecule has 1 spiro atoms. The van der Waals surface area contributed by atoms with Crippen LogP contribution in [0.25, 0.3) is 77.1 Å². The standard InChI is InChI=1S/C48H29N/c1-2-12-33-27-34(26-23-30(33)11-1)31-21-24-32(25-22-31)47-41-29-45-40(28-39(41)38-16-6-10-20-46(38)49-47)37-15-5-9-19-44(37)48(45)42-17-7-3-13-35(42)36-14-4-8-18-43(36)48/h1-29H. The summed E-state index contributed by atoms with van der Waals surface area (Å²) >= 11 is 0. The molecule has 0 N–H and O–H groups in total. The van der Waals surface area contributed by atoms with Gasteiger partial charge in [0.25, 0.3) is 0 Å². The first kappa shape index (κ1) is 26.7. The molecule has 0 bridgehead atoms. The van der Waals surface area contributed by atoms with Gasteiger partial charge in [0, 0.05) is 16.3 Å². The van der Waals surface area contributed by atoms with Crippen LogP contribution < -0.4 is 0 Å². The maximum Gasteiger partial charge on any atom is 0.0788 e. The Bertz CT molecular complexity index is 2780. The van der Waals surface area contributed by atoms with Crippen molar-refractivity contribution < 1.29 is 0 Å². The van der Waals surface area contributed by atoms with Gasteiger partial charge in [0.15, 0.2) is 0 Å². The van der Waals surface area contributed by atoms with Gasteiger partial charge >= 0.3 is 0 Å². The maximum absolute atomic E-state index is 5.40. The van der Waals surface area contributed by atoms with Crippen LogP contribution in [0.15, 0.2) is 176 Å². The Kier molecular flexibility index (Phi) is 5.38. The molecule has 2 aliphatic rings. The zero-order valence-corrected chi connectivity index (χ0v) is 26.7. The number of pyridine rings is 1. The molecule has 0 atom stereocenters. The molecule has 49 heavy (non-hydrogen) atoms. The van der Waals surface area contributed by atoms with Crippen molar-refractivity contribution in [1.29, 1.82) is 0 Å². The third-order valence-electron chi connectivity index (χ3n) is 11.1. The Morgan fingerprint density at radius 1 is 0.327 bits per heavy atom. The lowest BCUT2D eigenvalue weighted by Crippen LogP contribution is -2.25. The second-order valence-corrected chi connectivity index (χ2v) is 13.4. The molecule has 1 heteroatoms. The van der Waals surface area contributed by atoms with Gasteiger partial charge in [-0.1, -0.05) is 152 Å². The van der Waals surface area contributed by atoms with E-state index in [0.29, 0.717) is 0 Å². The molecule has 0 saturated heterocycles. The highest BCUT2D eigenvalue weighted by Crippen LogP contribution is 2.63. The van der Waals surface area contributed by atoms with E-state index in [-0.39, 0.29) is 0 Å². The van der Waals surface area contributed by atoms with Crippen LogP contribution in [0.3, 0.4) is 0 Å². The smallest absolute Gasteiger partial charge is 0.0788 e. The van der Waals surface area contributed by atoms with Crippen molar-refractivity contribution in [2.45, 2.75) is 5.41 Å². The summed E-state index contributed by atoms with van der Waals surface area (Å²) < 4.78 is 0. The highest BCUT2D eigenvalue weighted by atomic mass is 14.7. The van der Waals surface area contributed by atoms with Gasteiger partial charge in [0.2, 0.25) is 0 Å². The summed E-state index contributed by atoms with van der Waals surface area (Å²) in [5.74, 6) is 0. The van der Waals surface area contributed by atoms with Gasteiger partial charge in [-0.25, -0.2) is 4.98 Å². The number of aromatic nitrogens is 1. The number of benzene rings is 8. The molecule has 1 nitrogen and oxygen atoms in total. The molecule has 11 rings (SSSR count). The minimum absolute atomic E-state index is 0.393. The maximum atomic E-state index is 5.40. The largest absolute Gasteiger partial charge is 0.247 e. The molecule has 0 amide bonds. The lowest BCUT2D eigenvalue weighted by molar-refractivity contribution is 0.795. The van der Waals surface area contributed by atoms with Gasteiger partial charge in [0.05, 0.1) is 16.6 Å². The molecule has 0 saturated carbocycles. The quantitative estimate of drug-likeness (QED) is 0.175. The van der Waals surface area contributed by atoms with E-state index in [1.807, 2.05) is 0 Å². The summed E-state index contributed by atoms with van der Waals surface area (Å²) in [6, 6.07) is 64.9. The topological polar surface area (TPSA) is 12.9 Å². The fraction of sp³-hybridized carbons (Fsp3) is 0.0208. The van der Waals surface area contributed by atoms with E-state index in [1.165, 1.54) is 82.6 Å². The van der Waals surface area contributed by atoms with E-state index >= 15 is 0 Å². The van der Waals surface area contributed by atoms with Gasteiger partial charge in [0.1, 0.15) is 0 Å². The molecule has 226 valence electrons. The third-order valence-corrected chi connectivity index (χ3v) is 11.1. The van der Waals surface area contributed by atoms with Gasteiger partial charge < -0.3 is 0 Å². The summed E-state index contributed by atoms with van der Waals surface area (Å²) in [5, 5.41) is 6.12. The van der Waals surface area contributed by atoms with Crippen molar-refractivity contribution in [2.24, 2.45) is 0 Å². The summed E-state index contributed by atoms with van der Waals surface area (Å²) in [6.45, 7) is 0.